The second-order valence-electron chi connectivity index (χ2n) is 5.26. The standard InChI is InChI=1S/C16H19N3O/c20-16(13-14-5-2-1-3-6-14)18-11-7-15(8-12-18)19-10-4-9-17-19/h1-6,9-10,15H,7-8,11-13H2. The molecule has 1 aromatic heterocycles. The van der Waals surface area contributed by atoms with Crippen molar-refractivity contribution in [3.8, 4) is 0 Å². The van der Waals surface area contributed by atoms with Gasteiger partial charge in [0.1, 0.15) is 0 Å². The Balaban J connectivity index is 1.54. The van der Waals surface area contributed by atoms with Crippen molar-refractivity contribution in [3.05, 3.63) is 54.4 Å². The highest BCUT2D eigenvalue weighted by Crippen LogP contribution is 2.21. The molecular weight excluding hydrogens is 250 g/mol. The molecule has 20 heavy (non-hydrogen) atoms. The van der Waals surface area contributed by atoms with Crippen LogP contribution in [-0.4, -0.2) is 33.7 Å². The number of piperidine rings is 1. The van der Waals surface area contributed by atoms with Gasteiger partial charge >= 0.3 is 0 Å². The maximum atomic E-state index is 12.3. The lowest BCUT2D eigenvalue weighted by Crippen LogP contribution is -2.39. The number of hydrogen-bond donors (Lipinski definition) is 0. The fraction of sp³-hybridized carbons (Fsp3) is 0.375. The van der Waals surface area contributed by atoms with E-state index in [4.69, 9.17) is 0 Å². The first-order chi connectivity index (χ1) is 9.83. The molecule has 0 unspecified atom stereocenters. The molecule has 3 rings (SSSR count). The molecule has 1 fully saturated rings. The van der Waals surface area contributed by atoms with E-state index < -0.39 is 0 Å². The van der Waals surface area contributed by atoms with E-state index in [1.54, 1.807) is 0 Å². The minimum Gasteiger partial charge on any atom is -0.342 e. The first-order valence-electron chi connectivity index (χ1n) is 7.14. The third kappa shape index (κ3) is 2.90. The Bertz CT molecular complexity index is 542. The zero-order valence-corrected chi connectivity index (χ0v) is 11.5. The first kappa shape index (κ1) is 12.9. The lowest BCUT2D eigenvalue weighted by Gasteiger charge is -2.32. The zero-order valence-electron chi connectivity index (χ0n) is 11.5. The Labute approximate surface area is 119 Å². The quantitative estimate of drug-likeness (QED) is 0.857. The monoisotopic (exact) mass is 269 g/mol. The number of carbonyl (C=O) groups is 1. The van der Waals surface area contributed by atoms with Crippen LogP contribution >= 0.6 is 0 Å². The number of amides is 1. The van der Waals surface area contributed by atoms with Crippen LogP contribution in [0.4, 0.5) is 0 Å². The van der Waals surface area contributed by atoms with E-state index in [1.165, 1.54) is 0 Å². The van der Waals surface area contributed by atoms with Gasteiger partial charge in [-0.25, -0.2) is 0 Å². The Morgan fingerprint density at radius 3 is 2.55 bits per heavy atom. The van der Waals surface area contributed by atoms with Crippen molar-refractivity contribution in [1.29, 1.82) is 0 Å². The summed E-state index contributed by atoms with van der Waals surface area (Å²) in [5, 5.41) is 4.29. The fourth-order valence-electron chi connectivity index (χ4n) is 2.76. The van der Waals surface area contributed by atoms with Crippen molar-refractivity contribution in [3.63, 3.8) is 0 Å². The lowest BCUT2D eigenvalue weighted by molar-refractivity contribution is -0.131. The van der Waals surface area contributed by atoms with Crippen molar-refractivity contribution < 1.29 is 4.79 Å². The average Bonchev–Trinajstić information content (AvgIpc) is 3.03. The van der Waals surface area contributed by atoms with Crippen LogP contribution in [0.5, 0.6) is 0 Å². The number of hydrogen-bond acceptors (Lipinski definition) is 2. The Morgan fingerprint density at radius 1 is 1.15 bits per heavy atom. The summed E-state index contributed by atoms with van der Waals surface area (Å²) in [6.45, 7) is 1.66. The summed E-state index contributed by atoms with van der Waals surface area (Å²) < 4.78 is 2.01. The van der Waals surface area contributed by atoms with Crippen LogP contribution in [0, 0.1) is 0 Å². The molecule has 1 amide bonds. The van der Waals surface area contributed by atoms with E-state index in [1.807, 2.05) is 58.4 Å². The maximum absolute atomic E-state index is 12.3. The van der Waals surface area contributed by atoms with E-state index in [0.717, 1.165) is 31.5 Å². The SMILES string of the molecule is O=C(Cc1ccccc1)N1CCC(n2cccn2)CC1. The topological polar surface area (TPSA) is 38.1 Å². The average molecular weight is 269 g/mol. The third-order valence-electron chi connectivity index (χ3n) is 3.91. The summed E-state index contributed by atoms with van der Waals surface area (Å²) in [6, 6.07) is 12.3. The minimum atomic E-state index is 0.232. The van der Waals surface area contributed by atoms with Crippen LogP contribution in [0.3, 0.4) is 0 Å². The largest absolute Gasteiger partial charge is 0.342 e. The predicted octanol–water partition coefficient (Wildman–Crippen LogP) is 2.29. The van der Waals surface area contributed by atoms with E-state index in [9.17, 15) is 4.79 Å². The van der Waals surface area contributed by atoms with E-state index in [0.29, 0.717) is 12.5 Å². The fourth-order valence-corrected chi connectivity index (χ4v) is 2.76. The molecule has 0 bridgehead atoms. The Hall–Kier alpha value is -2.10. The Morgan fingerprint density at radius 2 is 1.90 bits per heavy atom. The molecule has 1 aliphatic heterocycles. The highest BCUT2D eigenvalue weighted by atomic mass is 16.2. The maximum Gasteiger partial charge on any atom is 0.226 e. The molecule has 0 aliphatic carbocycles. The van der Waals surface area contributed by atoms with Crippen LogP contribution in [0.25, 0.3) is 0 Å². The number of nitrogens with zero attached hydrogens (tertiary/aromatic N) is 3. The van der Waals surface area contributed by atoms with Crippen LogP contribution in [-0.2, 0) is 11.2 Å². The number of benzene rings is 1. The van der Waals surface area contributed by atoms with Gasteiger partial charge in [0, 0.05) is 25.5 Å². The minimum absolute atomic E-state index is 0.232. The summed E-state index contributed by atoms with van der Waals surface area (Å²) in [4.78, 5) is 14.2. The molecule has 0 N–H and O–H groups in total. The van der Waals surface area contributed by atoms with Crippen LogP contribution in [0.15, 0.2) is 48.8 Å². The molecule has 0 spiro atoms. The summed E-state index contributed by atoms with van der Waals surface area (Å²) in [5.41, 5.74) is 1.09. The van der Waals surface area contributed by atoms with Crippen molar-refractivity contribution in [2.45, 2.75) is 25.3 Å². The van der Waals surface area contributed by atoms with E-state index in [2.05, 4.69) is 5.10 Å². The molecule has 1 saturated heterocycles. The first-order valence-corrected chi connectivity index (χ1v) is 7.14. The van der Waals surface area contributed by atoms with Gasteiger partial charge in [-0.2, -0.15) is 5.10 Å². The summed E-state index contributed by atoms with van der Waals surface area (Å²) >= 11 is 0. The zero-order chi connectivity index (χ0) is 13.8. The highest BCUT2D eigenvalue weighted by Gasteiger charge is 2.23. The lowest BCUT2D eigenvalue weighted by atomic mass is 10.0. The normalized spacial score (nSPS) is 16.3. The molecule has 104 valence electrons. The highest BCUT2D eigenvalue weighted by molar-refractivity contribution is 5.78. The molecule has 1 aliphatic rings. The summed E-state index contributed by atoms with van der Waals surface area (Å²) in [7, 11) is 0. The number of aromatic nitrogens is 2. The molecule has 2 heterocycles. The molecule has 4 heteroatoms. The van der Waals surface area contributed by atoms with Gasteiger partial charge in [0.15, 0.2) is 0 Å². The molecule has 1 aromatic carbocycles. The molecule has 0 saturated carbocycles. The molecule has 0 atom stereocenters. The second-order valence-corrected chi connectivity index (χ2v) is 5.26. The predicted molar refractivity (Wildman–Crippen MR) is 77.2 cm³/mol. The third-order valence-corrected chi connectivity index (χ3v) is 3.91. The van der Waals surface area contributed by atoms with Crippen molar-refractivity contribution in [2.24, 2.45) is 0 Å². The van der Waals surface area contributed by atoms with Crippen molar-refractivity contribution in [2.75, 3.05) is 13.1 Å². The molecular formula is C16H19N3O. The summed E-state index contributed by atoms with van der Waals surface area (Å²) in [5.74, 6) is 0.232. The molecule has 0 radical (unpaired) electrons. The number of rotatable bonds is 3. The van der Waals surface area contributed by atoms with Gasteiger partial charge < -0.3 is 4.90 Å². The van der Waals surface area contributed by atoms with Gasteiger partial charge in [-0.05, 0) is 24.5 Å². The molecule has 2 aromatic rings. The number of carbonyl (C=O) groups excluding carboxylic acids is 1. The van der Waals surface area contributed by atoms with Gasteiger partial charge in [-0.15, -0.1) is 0 Å². The van der Waals surface area contributed by atoms with Gasteiger partial charge in [0.25, 0.3) is 0 Å². The van der Waals surface area contributed by atoms with Crippen molar-refractivity contribution in [1.82, 2.24) is 14.7 Å². The van der Waals surface area contributed by atoms with Crippen LogP contribution < -0.4 is 0 Å². The van der Waals surface area contributed by atoms with Gasteiger partial charge in [0.05, 0.1) is 12.5 Å². The van der Waals surface area contributed by atoms with Gasteiger partial charge in [0.2, 0.25) is 5.91 Å². The van der Waals surface area contributed by atoms with Gasteiger partial charge in [-0.1, -0.05) is 30.3 Å². The van der Waals surface area contributed by atoms with Gasteiger partial charge in [-0.3, -0.25) is 9.48 Å². The van der Waals surface area contributed by atoms with Crippen LogP contribution in [0.1, 0.15) is 24.4 Å². The van der Waals surface area contributed by atoms with E-state index in [-0.39, 0.29) is 5.91 Å². The van der Waals surface area contributed by atoms with Crippen molar-refractivity contribution >= 4 is 5.91 Å². The second kappa shape index (κ2) is 5.90. The summed E-state index contributed by atoms with van der Waals surface area (Å²) in [6.07, 6.45) is 6.30. The molecule has 4 nitrogen and oxygen atoms in total. The number of likely N-dealkylation sites (tertiary alicyclic amines) is 1. The van der Waals surface area contributed by atoms with E-state index >= 15 is 0 Å². The Kier molecular flexibility index (Phi) is 3.81. The van der Waals surface area contributed by atoms with Crippen LogP contribution in [0.2, 0.25) is 0 Å². The smallest absolute Gasteiger partial charge is 0.226 e.